The second-order valence-electron chi connectivity index (χ2n) is 5.84. The van der Waals surface area contributed by atoms with Crippen LogP contribution in [0.5, 0.6) is 5.75 Å². The van der Waals surface area contributed by atoms with Gasteiger partial charge in [0.15, 0.2) is 0 Å². The molecule has 2 aliphatic rings. The zero-order chi connectivity index (χ0) is 15.6. The average molecular weight is 330 g/mol. The third kappa shape index (κ3) is 2.84. The Hall–Kier alpha value is -1.92. The Bertz CT molecular complexity index is 662. The first-order valence-corrected chi connectivity index (χ1v) is 8.78. The maximum atomic E-state index is 12.7. The number of hydrogen-bond donors (Lipinski definition) is 0. The van der Waals surface area contributed by atoms with Crippen LogP contribution in [0.2, 0.25) is 0 Å². The molecule has 1 aliphatic carbocycles. The van der Waals surface area contributed by atoms with Crippen molar-refractivity contribution in [3.63, 3.8) is 0 Å². The second kappa shape index (κ2) is 6.29. The number of aromatic nitrogens is 1. The van der Waals surface area contributed by atoms with E-state index in [4.69, 9.17) is 9.47 Å². The summed E-state index contributed by atoms with van der Waals surface area (Å²) in [6.45, 7) is 1.21. The lowest BCUT2D eigenvalue weighted by Gasteiger charge is -2.38. The van der Waals surface area contributed by atoms with E-state index in [0.29, 0.717) is 13.2 Å². The zero-order valence-electron chi connectivity index (χ0n) is 12.6. The summed E-state index contributed by atoms with van der Waals surface area (Å²) in [5.41, 5.74) is 0.771. The number of fused-ring (bicyclic) bond motifs is 1. The summed E-state index contributed by atoms with van der Waals surface area (Å²) in [5, 5.41) is 3.85. The van der Waals surface area contributed by atoms with Crippen LogP contribution in [0.25, 0.3) is 0 Å². The molecule has 0 unspecified atom stereocenters. The average Bonchev–Trinajstić information content (AvgIpc) is 3.25. The molecule has 0 spiro atoms. The molecule has 3 atom stereocenters. The third-order valence-corrected chi connectivity index (χ3v) is 5.17. The minimum atomic E-state index is -0.0634. The van der Waals surface area contributed by atoms with Crippen LogP contribution >= 0.6 is 11.3 Å². The van der Waals surface area contributed by atoms with Crippen molar-refractivity contribution in [2.24, 2.45) is 0 Å². The van der Waals surface area contributed by atoms with E-state index in [1.54, 1.807) is 23.7 Å². The van der Waals surface area contributed by atoms with Crippen LogP contribution in [0.1, 0.15) is 23.2 Å². The molecule has 2 aromatic heterocycles. The highest BCUT2D eigenvalue weighted by Gasteiger charge is 2.45. The molecule has 120 valence electrons. The molecule has 0 radical (unpaired) electrons. The van der Waals surface area contributed by atoms with Gasteiger partial charge in [-0.15, -0.1) is 0 Å². The lowest BCUT2D eigenvalue weighted by Crippen LogP contribution is -2.54. The number of morpholine rings is 1. The Kier molecular flexibility index (Phi) is 4.01. The Balaban J connectivity index is 1.49. The molecule has 3 heterocycles. The van der Waals surface area contributed by atoms with Gasteiger partial charge in [-0.2, -0.15) is 11.3 Å². The van der Waals surface area contributed by atoms with E-state index in [2.05, 4.69) is 4.98 Å². The molecule has 6 heteroatoms. The first-order chi connectivity index (χ1) is 11.3. The predicted octanol–water partition coefficient (Wildman–Crippen LogP) is 2.59. The standard InChI is InChI=1S/C17H18N2O3S/c20-17(12-5-9-23-11-12)19-7-8-21-16-14(19)3-4-15(16)22-13-2-1-6-18-10-13/h1-2,5-6,9-11,14-16H,3-4,7-8H2/t14-,15+,16+/m0/s1. The molecule has 0 N–H and O–H groups in total. The largest absolute Gasteiger partial charge is 0.486 e. The van der Waals surface area contributed by atoms with Crippen LogP contribution in [-0.4, -0.2) is 47.2 Å². The number of carbonyl (C=O) groups excluding carboxylic acids is 1. The number of thiophene rings is 1. The summed E-state index contributed by atoms with van der Waals surface area (Å²) in [4.78, 5) is 18.7. The van der Waals surface area contributed by atoms with Crippen LogP contribution in [0.15, 0.2) is 41.4 Å². The predicted molar refractivity (Wildman–Crippen MR) is 86.8 cm³/mol. The highest BCUT2D eigenvalue weighted by molar-refractivity contribution is 7.08. The normalized spacial score (nSPS) is 26.8. The molecule has 1 saturated heterocycles. The van der Waals surface area contributed by atoms with Crippen molar-refractivity contribution < 1.29 is 14.3 Å². The van der Waals surface area contributed by atoms with Gasteiger partial charge in [0.2, 0.25) is 0 Å². The van der Waals surface area contributed by atoms with Crippen molar-refractivity contribution in [1.29, 1.82) is 0 Å². The molecule has 1 amide bonds. The SMILES string of the molecule is O=C(c1ccsc1)N1CCO[C@H]2[C@H](Oc3cccnc3)CC[C@@H]21. The second-order valence-corrected chi connectivity index (χ2v) is 6.62. The minimum absolute atomic E-state index is 0.0257. The van der Waals surface area contributed by atoms with Gasteiger partial charge in [-0.25, -0.2) is 0 Å². The summed E-state index contributed by atoms with van der Waals surface area (Å²) < 4.78 is 12.0. The van der Waals surface area contributed by atoms with Gasteiger partial charge in [-0.3, -0.25) is 9.78 Å². The highest BCUT2D eigenvalue weighted by atomic mass is 32.1. The van der Waals surface area contributed by atoms with Crippen LogP contribution in [0, 0.1) is 0 Å². The maximum Gasteiger partial charge on any atom is 0.255 e. The molecular weight excluding hydrogens is 312 g/mol. The van der Waals surface area contributed by atoms with Crippen molar-refractivity contribution in [3.05, 3.63) is 46.9 Å². The fourth-order valence-corrected chi connectivity index (χ4v) is 4.07. The van der Waals surface area contributed by atoms with Crippen molar-refractivity contribution >= 4 is 17.2 Å². The van der Waals surface area contributed by atoms with E-state index < -0.39 is 0 Å². The van der Waals surface area contributed by atoms with Crippen molar-refractivity contribution in [2.75, 3.05) is 13.2 Å². The smallest absolute Gasteiger partial charge is 0.255 e. The fourth-order valence-electron chi connectivity index (χ4n) is 3.44. The molecule has 4 rings (SSSR count). The number of amides is 1. The van der Waals surface area contributed by atoms with Gasteiger partial charge in [0.1, 0.15) is 18.0 Å². The van der Waals surface area contributed by atoms with Crippen LogP contribution < -0.4 is 4.74 Å². The van der Waals surface area contributed by atoms with Gasteiger partial charge < -0.3 is 14.4 Å². The Morgan fingerprint density at radius 1 is 1.39 bits per heavy atom. The van der Waals surface area contributed by atoms with E-state index in [-0.39, 0.29) is 24.2 Å². The van der Waals surface area contributed by atoms with Crippen molar-refractivity contribution in [1.82, 2.24) is 9.88 Å². The van der Waals surface area contributed by atoms with E-state index >= 15 is 0 Å². The maximum absolute atomic E-state index is 12.7. The summed E-state index contributed by atoms with van der Waals surface area (Å²) in [6.07, 6.45) is 5.14. The molecule has 1 saturated carbocycles. The van der Waals surface area contributed by atoms with Gasteiger partial charge in [0.05, 0.1) is 24.4 Å². The topological polar surface area (TPSA) is 51.7 Å². The molecule has 0 aromatic carbocycles. The Morgan fingerprint density at radius 3 is 3.13 bits per heavy atom. The zero-order valence-corrected chi connectivity index (χ0v) is 13.4. The molecule has 2 aromatic rings. The van der Waals surface area contributed by atoms with Crippen LogP contribution in [0.3, 0.4) is 0 Å². The van der Waals surface area contributed by atoms with Gasteiger partial charge in [-0.05, 0) is 36.4 Å². The molecule has 23 heavy (non-hydrogen) atoms. The Labute approximate surface area is 138 Å². The molecule has 0 bridgehead atoms. The van der Waals surface area contributed by atoms with Crippen LogP contribution in [-0.2, 0) is 4.74 Å². The van der Waals surface area contributed by atoms with Crippen molar-refractivity contribution in [3.8, 4) is 5.75 Å². The van der Waals surface area contributed by atoms with Gasteiger partial charge in [-0.1, -0.05) is 0 Å². The van der Waals surface area contributed by atoms with Gasteiger partial charge >= 0.3 is 0 Å². The van der Waals surface area contributed by atoms with E-state index in [0.717, 1.165) is 24.2 Å². The third-order valence-electron chi connectivity index (χ3n) is 4.49. The summed E-state index contributed by atoms with van der Waals surface area (Å²) in [7, 11) is 0. The lowest BCUT2D eigenvalue weighted by molar-refractivity contribution is -0.0786. The molecule has 5 nitrogen and oxygen atoms in total. The summed E-state index contributed by atoms with van der Waals surface area (Å²) >= 11 is 1.55. The minimum Gasteiger partial charge on any atom is -0.486 e. The number of ether oxygens (including phenoxy) is 2. The number of nitrogens with zero attached hydrogens (tertiary/aromatic N) is 2. The molecule has 1 aliphatic heterocycles. The molecule has 2 fully saturated rings. The quantitative estimate of drug-likeness (QED) is 0.868. The number of hydrogen-bond acceptors (Lipinski definition) is 5. The molecular formula is C17H18N2O3S. The Morgan fingerprint density at radius 2 is 2.35 bits per heavy atom. The number of carbonyl (C=O) groups is 1. The lowest BCUT2D eigenvalue weighted by atomic mass is 10.1. The van der Waals surface area contributed by atoms with E-state index in [1.807, 2.05) is 33.9 Å². The van der Waals surface area contributed by atoms with E-state index in [1.165, 1.54) is 0 Å². The first-order valence-electron chi connectivity index (χ1n) is 7.84. The van der Waals surface area contributed by atoms with Crippen molar-refractivity contribution in [2.45, 2.75) is 31.1 Å². The number of rotatable bonds is 3. The van der Waals surface area contributed by atoms with Gasteiger partial charge in [0, 0.05) is 18.1 Å². The fraction of sp³-hybridized carbons (Fsp3) is 0.412. The van der Waals surface area contributed by atoms with Gasteiger partial charge in [0.25, 0.3) is 5.91 Å². The van der Waals surface area contributed by atoms with Crippen LogP contribution in [0.4, 0.5) is 0 Å². The monoisotopic (exact) mass is 330 g/mol. The summed E-state index contributed by atoms with van der Waals surface area (Å²) in [6, 6.07) is 5.74. The first kappa shape index (κ1) is 14.7. The highest BCUT2D eigenvalue weighted by Crippen LogP contribution is 2.33. The van der Waals surface area contributed by atoms with E-state index in [9.17, 15) is 4.79 Å². The summed E-state index contributed by atoms with van der Waals surface area (Å²) in [5.74, 6) is 0.856. The number of pyridine rings is 1.